The Morgan fingerprint density at radius 1 is 1.82 bits per heavy atom. The number of rotatable bonds is 4. The quantitative estimate of drug-likeness (QED) is 0.418. The second-order valence-corrected chi connectivity index (χ2v) is 4.03. The number of carbonyl (C=O) groups excluding carboxylic acids is 1. The summed E-state index contributed by atoms with van der Waals surface area (Å²) in [5, 5.41) is 3.64. The highest BCUT2D eigenvalue weighted by molar-refractivity contribution is 5.91. The molecule has 1 saturated heterocycles. The highest BCUT2D eigenvalue weighted by Gasteiger charge is 2.23. The zero-order chi connectivity index (χ0) is 12.3. The summed E-state index contributed by atoms with van der Waals surface area (Å²) in [6.45, 7) is 2.46. The van der Waals surface area contributed by atoms with Gasteiger partial charge < -0.3 is 9.26 Å². The van der Waals surface area contributed by atoms with Gasteiger partial charge in [0.2, 0.25) is 0 Å². The van der Waals surface area contributed by atoms with Crippen LogP contribution >= 0.6 is 0 Å². The lowest BCUT2D eigenvalue weighted by molar-refractivity contribution is 0.0944. The van der Waals surface area contributed by atoms with E-state index in [0.717, 1.165) is 19.5 Å². The number of methoxy groups -OCH3 is 1. The van der Waals surface area contributed by atoms with Gasteiger partial charge in [0.15, 0.2) is 11.5 Å². The maximum atomic E-state index is 11.2. The van der Waals surface area contributed by atoms with Gasteiger partial charge in [-0.05, 0) is 6.42 Å². The van der Waals surface area contributed by atoms with Crippen molar-refractivity contribution >= 4 is 5.91 Å². The smallest absolute Gasteiger partial charge is 0.287 e. The zero-order valence-electron chi connectivity index (χ0n) is 9.68. The molecule has 1 aliphatic heterocycles. The summed E-state index contributed by atoms with van der Waals surface area (Å²) in [4.78, 5) is 13.4. The highest BCUT2D eigenvalue weighted by atomic mass is 16.5. The Balaban J connectivity index is 1.91. The predicted molar refractivity (Wildman–Crippen MR) is 58.8 cm³/mol. The minimum Gasteiger partial charge on any atom is -0.380 e. The fraction of sp³-hybridized carbons (Fsp3) is 0.600. The number of likely N-dealkylation sites (tertiary alicyclic amines) is 1. The molecule has 1 aromatic rings. The summed E-state index contributed by atoms with van der Waals surface area (Å²) in [7, 11) is 1.71. The second-order valence-electron chi connectivity index (χ2n) is 4.03. The summed E-state index contributed by atoms with van der Waals surface area (Å²) in [6.07, 6.45) is 1.30. The van der Waals surface area contributed by atoms with Crippen LogP contribution in [-0.2, 0) is 11.3 Å². The lowest BCUT2D eigenvalue weighted by Gasteiger charge is -2.12. The summed E-state index contributed by atoms with van der Waals surface area (Å²) in [5.41, 5.74) is 2.21. The minimum atomic E-state index is -0.448. The monoisotopic (exact) mass is 240 g/mol. The SMILES string of the molecule is COC1CCN(Cc2cc(C(=O)NN)no2)C1. The Morgan fingerprint density at radius 2 is 2.65 bits per heavy atom. The van der Waals surface area contributed by atoms with Crippen LogP contribution in [0.4, 0.5) is 0 Å². The van der Waals surface area contributed by atoms with E-state index < -0.39 is 5.91 Å². The number of hydrogen-bond acceptors (Lipinski definition) is 6. The van der Waals surface area contributed by atoms with Crippen molar-refractivity contribution in [1.29, 1.82) is 0 Å². The Hall–Kier alpha value is -1.44. The number of amides is 1. The molecule has 0 aliphatic carbocycles. The van der Waals surface area contributed by atoms with Gasteiger partial charge in [0, 0.05) is 26.3 Å². The molecule has 0 radical (unpaired) electrons. The molecule has 0 saturated carbocycles. The average Bonchev–Trinajstić information content (AvgIpc) is 2.97. The zero-order valence-corrected chi connectivity index (χ0v) is 9.68. The number of nitrogens with zero attached hydrogens (tertiary/aromatic N) is 2. The average molecular weight is 240 g/mol. The number of aromatic nitrogens is 1. The summed E-state index contributed by atoms with van der Waals surface area (Å²) < 4.78 is 10.3. The number of nitrogens with two attached hydrogens (primary N) is 1. The van der Waals surface area contributed by atoms with Crippen LogP contribution in [-0.4, -0.2) is 42.3 Å². The molecular weight excluding hydrogens is 224 g/mol. The van der Waals surface area contributed by atoms with E-state index in [1.54, 1.807) is 13.2 Å². The molecule has 1 aliphatic rings. The fourth-order valence-corrected chi connectivity index (χ4v) is 1.92. The summed E-state index contributed by atoms with van der Waals surface area (Å²) in [5.74, 6) is 5.21. The van der Waals surface area contributed by atoms with Crippen molar-refractivity contribution in [2.24, 2.45) is 5.84 Å². The second kappa shape index (κ2) is 5.26. The Kier molecular flexibility index (Phi) is 3.72. The van der Waals surface area contributed by atoms with Crippen LogP contribution in [0.25, 0.3) is 0 Å². The molecule has 1 atom stereocenters. The molecular formula is C10H16N4O3. The third kappa shape index (κ3) is 2.82. The van der Waals surface area contributed by atoms with E-state index in [4.69, 9.17) is 15.1 Å². The van der Waals surface area contributed by atoms with Gasteiger partial charge in [-0.25, -0.2) is 5.84 Å². The summed E-state index contributed by atoms with van der Waals surface area (Å²) in [6, 6.07) is 1.60. The van der Waals surface area contributed by atoms with Gasteiger partial charge in [-0.2, -0.15) is 0 Å². The van der Waals surface area contributed by atoms with Crippen molar-refractivity contribution in [3.05, 3.63) is 17.5 Å². The highest BCUT2D eigenvalue weighted by Crippen LogP contribution is 2.15. The first-order valence-corrected chi connectivity index (χ1v) is 5.44. The largest absolute Gasteiger partial charge is 0.380 e. The molecule has 1 unspecified atom stereocenters. The van der Waals surface area contributed by atoms with Crippen molar-refractivity contribution in [3.63, 3.8) is 0 Å². The lowest BCUT2D eigenvalue weighted by atomic mass is 10.3. The van der Waals surface area contributed by atoms with E-state index in [9.17, 15) is 4.79 Å². The maximum absolute atomic E-state index is 11.2. The van der Waals surface area contributed by atoms with Crippen LogP contribution in [0, 0.1) is 0 Å². The molecule has 0 spiro atoms. The van der Waals surface area contributed by atoms with Crippen molar-refractivity contribution in [3.8, 4) is 0 Å². The number of hydrogen-bond donors (Lipinski definition) is 2. The number of ether oxygens (including phenoxy) is 1. The van der Waals surface area contributed by atoms with Crippen molar-refractivity contribution in [2.45, 2.75) is 19.1 Å². The van der Waals surface area contributed by atoms with Gasteiger partial charge in [-0.3, -0.25) is 15.1 Å². The van der Waals surface area contributed by atoms with E-state index in [1.807, 2.05) is 5.43 Å². The lowest BCUT2D eigenvalue weighted by Crippen LogP contribution is -2.30. The molecule has 3 N–H and O–H groups in total. The van der Waals surface area contributed by atoms with Crippen molar-refractivity contribution in [2.75, 3.05) is 20.2 Å². The van der Waals surface area contributed by atoms with Crippen molar-refractivity contribution < 1.29 is 14.1 Å². The van der Waals surface area contributed by atoms with Gasteiger partial charge in [-0.1, -0.05) is 5.16 Å². The molecule has 94 valence electrons. The molecule has 1 aromatic heterocycles. The predicted octanol–water partition coefficient (Wildman–Crippen LogP) is -0.501. The van der Waals surface area contributed by atoms with Crippen LogP contribution in [0.2, 0.25) is 0 Å². The first-order valence-electron chi connectivity index (χ1n) is 5.44. The number of hydrazine groups is 1. The normalized spacial score (nSPS) is 20.7. The van der Waals surface area contributed by atoms with E-state index in [2.05, 4.69) is 10.1 Å². The maximum Gasteiger partial charge on any atom is 0.287 e. The van der Waals surface area contributed by atoms with Gasteiger partial charge >= 0.3 is 0 Å². The van der Waals surface area contributed by atoms with Gasteiger partial charge in [0.05, 0.1) is 12.6 Å². The van der Waals surface area contributed by atoms with E-state index >= 15 is 0 Å². The number of nitrogens with one attached hydrogen (secondary N) is 1. The van der Waals surface area contributed by atoms with Crippen LogP contribution in [0.5, 0.6) is 0 Å². The Labute approximate surface area is 98.8 Å². The molecule has 0 bridgehead atoms. The molecule has 1 amide bonds. The number of nitrogen functional groups attached to an aromatic ring is 1. The van der Waals surface area contributed by atoms with Crippen LogP contribution in [0.15, 0.2) is 10.6 Å². The van der Waals surface area contributed by atoms with Gasteiger partial charge in [0.1, 0.15) is 0 Å². The summed E-state index contributed by atoms with van der Waals surface area (Å²) >= 11 is 0. The molecule has 7 nitrogen and oxygen atoms in total. The van der Waals surface area contributed by atoms with Crippen LogP contribution in [0.1, 0.15) is 22.7 Å². The third-order valence-corrected chi connectivity index (χ3v) is 2.86. The first-order chi connectivity index (χ1) is 8.22. The van der Waals surface area contributed by atoms with Crippen LogP contribution < -0.4 is 11.3 Å². The third-order valence-electron chi connectivity index (χ3n) is 2.86. The molecule has 1 fully saturated rings. The number of carbonyl (C=O) groups is 1. The van der Waals surface area contributed by atoms with E-state index in [1.165, 1.54) is 0 Å². The molecule has 7 heteroatoms. The minimum absolute atomic E-state index is 0.199. The van der Waals surface area contributed by atoms with E-state index in [0.29, 0.717) is 12.3 Å². The first kappa shape index (κ1) is 12.0. The molecule has 17 heavy (non-hydrogen) atoms. The van der Waals surface area contributed by atoms with Gasteiger partial charge in [-0.15, -0.1) is 0 Å². The van der Waals surface area contributed by atoms with Gasteiger partial charge in [0.25, 0.3) is 5.91 Å². The fourth-order valence-electron chi connectivity index (χ4n) is 1.92. The van der Waals surface area contributed by atoms with Crippen molar-refractivity contribution in [1.82, 2.24) is 15.5 Å². The van der Waals surface area contributed by atoms with E-state index in [-0.39, 0.29) is 11.8 Å². The standard InChI is InChI=1S/C10H16N4O3/c1-16-7-2-3-14(5-7)6-8-4-9(13-17-8)10(15)12-11/h4,7H,2-3,5-6,11H2,1H3,(H,12,15). The van der Waals surface area contributed by atoms with Crippen LogP contribution in [0.3, 0.4) is 0 Å². The molecule has 0 aromatic carbocycles. The molecule has 2 heterocycles. The Bertz CT molecular complexity index is 393. The topological polar surface area (TPSA) is 93.6 Å². The molecule has 2 rings (SSSR count). The Morgan fingerprint density at radius 3 is 3.29 bits per heavy atom.